The summed E-state index contributed by atoms with van der Waals surface area (Å²) in [7, 11) is 0. The second kappa shape index (κ2) is 8.41. The molecule has 1 saturated carbocycles. The maximum Gasteiger partial charge on any atom is 0.410 e. The fourth-order valence-corrected chi connectivity index (χ4v) is 3.78. The van der Waals surface area contributed by atoms with E-state index in [1.165, 1.54) is 0 Å². The first-order valence-electron chi connectivity index (χ1n) is 9.94. The van der Waals surface area contributed by atoms with Crippen LogP contribution in [0, 0.1) is 0 Å². The van der Waals surface area contributed by atoms with Crippen LogP contribution in [0.15, 0.2) is 28.7 Å². The molecule has 2 amide bonds. The number of hydrogen-bond acceptors (Lipinski definition) is 4. The first kappa shape index (κ1) is 21.1. The van der Waals surface area contributed by atoms with E-state index in [-0.39, 0.29) is 17.4 Å². The summed E-state index contributed by atoms with van der Waals surface area (Å²) in [6.07, 6.45) is 1.58. The van der Waals surface area contributed by atoms with Gasteiger partial charge < -0.3 is 15.0 Å². The lowest BCUT2D eigenvalue weighted by atomic mass is 9.95. The molecule has 0 aromatic heterocycles. The normalized spacial score (nSPS) is 19.2. The van der Waals surface area contributed by atoms with Gasteiger partial charge in [0.25, 0.3) is 0 Å². The zero-order valence-electron chi connectivity index (χ0n) is 17.0. The molecule has 1 heterocycles. The van der Waals surface area contributed by atoms with Crippen molar-refractivity contribution in [3.05, 3.63) is 34.3 Å². The van der Waals surface area contributed by atoms with E-state index in [0.29, 0.717) is 19.6 Å². The second-order valence-corrected chi connectivity index (χ2v) is 9.57. The van der Waals surface area contributed by atoms with Gasteiger partial charge in [0.1, 0.15) is 5.60 Å². The minimum absolute atomic E-state index is 0.127. The fourth-order valence-electron chi connectivity index (χ4n) is 3.52. The van der Waals surface area contributed by atoms with Gasteiger partial charge in [0, 0.05) is 43.7 Å². The van der Waals surface area contributed by atoms with Crippen LogP contribution in [0.25, 0.3) is 0 Å². The summed E-state index contributed by atoms with van der Waals surface area (Å²) in [5.74, 6) is 0.127. The molecule has 6 nitrogen and oxygen atoms in total. The Kier molecular flexibility index (Phi) is 6.34. The molecule has 0 radical (unpaired) electrons. The van der Waals surface area contributed by atoms with Gasteiger partial charge in [-0.1, -0.05) is 28.1 Å². The monoisotopic (exact) mass is 451 g/mol. The van der Waals surface area contributed by atoms with Gasteiger partial charge in [0.15, 0.2) is 0 Å². The Balaban J connectivity index is 1.40. The third kappa shape index (κ3) is 5.26. The fraction of sp³-hybridized carbons (Fsp3) is 0.619. The number of ether oxygens (including phenoxy) is 1. The van der Waals surface area contributed by atoms with Crippen LogP contribution < -0.4 is 5.32 Å². The number of nitrogens with zero attached hydrogens (tertiary/aromatic N) is 2. The molecule has 0 bridgehead atoms. The first-order chi connectivity index (χ1) is 13.2. The number of carbonyl (C=O) groups excluding carboxylic acids is 2. The predicted molar refractivity (Wildman–Crippen MR) is 112 cm³/mol. The largest absolute Gasteiger partial charge is 0.444 e. The van der Waals surface area contributed by atoms with Crippen LogP contribution >= 0.6 is 15.9 Å². The lowest BCUT2D eigenvalue weighted by Crippen LogP contribution is -2.51. The molecule has 1 aliphatic carbocycles. The average Bonchev–Trinajstić information content (AvgIpc) is 3.43. The van der Waals surface area contributed by atoms with Crippen LogP contribution in [0.2, 0.25) is 0 Å². The Morgan fingerprint density at radius 2 is 1.71 bits per heavy atom. The third-order valence-corrected chi connectivity index (χ3v) is 5.85. The summed E-state index contributed by atoms with van der Waals surface area (Å²) in [5, 5.41) is 3.11. The Bertz CT molecular complexity index is 703. The quantitative estimate of drug-likeness (QED) is 0.746. The number of hydrogen-bond donors (Lipinski definition) is 1. The Morgan fingerprint density at radius 1 is 1.11 bits per heavy atom. The minimum Gasteiger partial charge on any atom is -0.444 e. The van der Waals surface area contributed by atoms with Gasteiger partial charge in [-0.15, -0.1) is 0 Å². The summed E-state index contributed by atoms with van der Waals surface area (Å²) in [5.41, 5.74) is 0.293. The Hall–Kier alpha value is -1.60. The van der Waals surface area contributed by atoms with Crippen molar-refractivity contribution in [3.63, 3.8) is 0 Å². The number of benzene rings is 1. The van der Waals surface area contributed by atoms with Gasteiger partial charge in [-0.2, -0.15) is 0 Å². The number of nitrogens with one attached hydrogen (secondary N) is 1. The van der Waals surface area contributed by atoms with E-state index >= 15 is 0 Å². The topological polar surface area (TPSA) is 61.9 Å². The summed E-state index contributed by atoms with van der Waals surface area (Å²) in [6.45, 7) is 9.98. The van der Waals surface area contributed by atoms with Gasteiger partial charge in [-0.05, 0) is 51.3 Å². The number of rotatable bonds is 5. The van der Waals surface area contributed by atoms with Gasteiger partial charge in [0.2, 0.25) is 5.91 Å². The highest BCUT2D eigenvalue weighted by Gasteiger charge is 2.51. The number of halogens is 1. The lowest BCUT2D eigenvalue weighted by Gasteiger charge is -2.35. The molecule has 2 aliphatic rings. The smallest absolute Gasteiger partial charge is 0.410 e. The molecule has 7 heteroatoms. The second-order valence-electron chi connectivity index (χ2n) is 8.65. The van der Waals surface area contributed by atoms with Crippen molar-refractivity contribution in [2.75, 3.05) is 39.3 Å². The van der Waals surface area contributed by atoms with E-state index in [1.54, 1.807) is 4.90 Å². The van der Waals surface area contributed by atoms with Crippen LogP contribution in [0.3, 0.4) is 0 Å². The summed E-state index contributed by atoms with van der Waals surface area (Å²) in [4.78, 5) is 28.9. The van der Waals surface area contributed by atoms with E-state index in [9.17, 15) is 9.59 Å². The molecule has 1 aromatic rings. The van der Waals surface area contributed by atoms with Crippen LogP contribution in [0.5, 0.6) is 0 Å². The van der Waals surface area contributed by atoms with Crippen molar-refractivity contribution in [1.29, 1.82) is 0 Å². The molecule has 1 saturated heterocycles. The number of amides is 2. The van der Waals surface area contributed by atoms with Crippen molar-refractivity contribution >= 4 is 27.9 Å². The van der Waals surface area contributed by atoms with Crippen LogP contribution in [0.1, 0.15) is 39.2 Å². The summed E-state index contributed by atoms with van der Waals surface area (Å²) >= 11 is 3.44. The van der Waals surface area contributed by atoms with E-state index in [0.717, 1.165) is 42.5 Å². The molecule has 1 aliphatic heterocycles. The Morgan fingerprint density at radius 3 is 2.25 bits per heavy atom. The van der Waals surface area contributed by atoms with Gasteiger partial charge in [-0.3, -0.25) is 9.69 Å². The van der Waals surface area contributed by atoms with E-state index in [1.807, 2.05) is 45.0 Å². The standard InChI is InChI=1S/C21H30BrN3O3/c1-20(2,3)28-19(27)25-14-12-24(13-15-25)11-10-23-18(26)21(8-9-21)16-4-6-17(22)7-5-16/h4-7H,8-15H2,1-3H3,(H,23,26). The Labute approximate surface area is 175 Å². The molecular formula is C21H30BrN3O3. The van der Waals surface area contributed by atoms with E-state index in [4.69, 9.17) is 4.74 Å². The van der Waals surface area contributed by atoms with Crippen LogP contribution in [0.4, 0.5) is 4.79 Å². The van der Waals surface area contributed by atoms with Gasteiger partial charge in [0.05, 0.1) is 5.41 Å². The zero-order valence-corrected chi connectivity index (χ0v) is 18.5. The zero-order chi connectivity index (χ0) is 20.4. The molecule has 28 heavy (non-hydrogen) atoms. The summed E-state index contributed by atoms with van der Waals surface area (Å²) < 4.78 is 6.45. The average molecular weight is 452 g/mol. The molecular weight excluding hydrogens is 422 g/mol. The highest BCUT2D eigenvalue weighted by molar-refractivity contribution is 9.10. The van der Waals surface area contributed by atoms with E-state index < -0.39 is 5.60 Å². The molecule has 0 atom stereocenters. The molecule has 1 N–H and O–H groups in total. The minimum atomic E-state index is -0.466. The highest BCUT2D eigenvalue weighted by Crippen LogP contribution is 2.48. The van der Waals surface area contributed by atoms with Gasteiger partial charge >= 0.3 is 6.09 Å². The molecule has 1 aromatic carbocycles. The summed E-state index contributed by atoms with van der Waals surface area (Å²) in [6, 6.07) is 8.05. The van der Waals surface area contributed by atoms with Crippen molar-refractivity contribution in [1.82, 2.24) is 15.1 Å². The number of carbonyl (C=O) groups is 2. The van der Waals surface area contributed by atoms with Crippen molar-refractivity contribution in [3.8, 4) is 0 Å². The molecule has 154 valence electrons. The maximum atomic E-state index is 12.7. The van der Waals surface area contributed by atoms with Crippen molar-refractivity contribution in [2.24, 2.45) is 0 Å². The highest BCUT2D eigenvalue weighted by atomic mass is 79.9. The molecule has 0 unspecified atom stereocenters. The number of piperazine rings is 1. The first-order valence-corrected chi connectivity index (χ1v) is 10.7. The third-order valence-electron chi connectivity index (χ3n) is 5.32. The van der Waals surface area contributed by atoms with Gasteiger partial charge in [-0.25, -0.2) is 4.79 Å². The molecule has 0 spiro atoms. The van der Waals surface area contributed by atoms with Crippen molar-refractivity contribution in [2.45, 2.75) is 44.6 Å². The predicted octanol–water partition coefficient (Wildman–Crippen LogP) is 3.15. The van der Waals surface area contributed by atoms with E-state index in [2.05, 4.69) is 26.1 Å². The van der Waals surface area contributed by atoms with Crippen molar-refractivity contribution < 1.29 is 14.3 Å². The lowest BCUT2D eigenvalue weighted by molar-refractivity contribution is -0.123. The molecule has 2 fully saturated rings. The maximum absolute atomic E-state index is 12.7. The van der Waals surface area contributed by atoms with Crippen LogP contribution in [-0.2, 0) is 14.9 Å². The van der Waals surface area contributed by atoms with Crippen LogP contribution in [-0.4, -0.2) is 66.7 Å². The SMILES string of the molecule is CC(C)(C)OC(=O)N1CCN(CCNC(=O)C2(c3ccc(Br)cc3)CC2)CC1. The molecule has 3 rings (SSSR count).